The molecule has 0 aliphatic rings. The molecule has 0 aliphatic carbocycles. The van der Waals surface area contributed by atoms with Gasteiger partial charge in [-0.1, -0.05) is 28.9 Å². The Hall–Kier alpha value is -1.43. The second-order valence-corrected chi connectivity index (χ2v) is 8.83. The summed E-state index contributed by atoms with van der Waals surface area (Å²) in [7, 11) is 0. The number of nitrogens with zero attached hydrogens (tertiary/aromatic N) is 3. The summed E-state index contributed by atoms with van der Waals surface area (Å²) in [6.07, 6.45) is 9.38. The molecule has 3 nitrogen and oxygen atoms in total. The van der Waals surface area contributed by atoms with Crippen molar-refractivity contribution in [2.45, 2.75) is 32.1 Å². The Morgan fingerprint density at radius 3 is 2.75 bits per heavy atom. The van der Waals surface area contributed by atoms with Crippen molar-refractivity contribution in [1.82, 2.24) is 9.97 Å². The monoisotopic (exact) mass is 447 g/mol. The Kier molecular flexibility index (Phi) is 8.93. The molecule has 0 aromatic carbocycles. The molecule has 0 saturated heterocycles. The first kappa shape index (κ1) is 22.9. The number of rotatable bonds is 11. The van der Waals surface area contributed by atoms with Crippen molar-refractivity contribution >= 4 is 39.7 Å². The third-order valence-electron chi connectivity index (χ3n) is 3.71. The van der Waals surface area contributed by atoms with E-state index in [9.17, 15) is 13.2 Å². The third kappa shape index (κ3) is 7.53. The number of aromatic nitrogens is 2. The van der Waals surface area contributed by atoms with Gasteiger partial charge in [0.2, 0.25) is 5.92 Å². The molecule has 0 radical (unpaired) electrons. The first-order chi connectivity index (χ1) is 13.3. The number of terminal acetylenes is 1. The van der Waals surface area contributed by atoms with Crippen molar-refractivity contribution in [2.24, 2.45) is 0 Å². The number of thiazole rings is 1. The van der Waals surface area contributed by atoms with Crippen LogP contribution in [-0.4, -0.2) is 40.5 Å². The van der Waals surface area contributed by atoms with Crippen molar-refractivity contribution in [3.05, 3.63) is 29.4 Å². The molecule has 0 amide bonds. The first-order valence-corrected chi connectivity index (χ1v) is 11.1. The standard InChI is InChI=1S/C19H21ClF3N3S2/c1-3-7-26(8-5-10-27-9-4-6-19(2,22)23)18-16(20)25-17(28-18)14-11-15(21)13-24-12-14/h1,11-13H,4-10H2,2H3. The molecule has 152 valence electrons. The van der Waals surface area contributed by atoms with Gasteiger partial charge in [-0.25, -0.2) is 18.2 Å². The average Bonchev–Trinajstić information content (AvgIpc) is 3.01. The van der Waals surface area contributed by atoms with Crippen LogP contribution in [0.4, 0.5) is 18.2 Å². The smallest absolute Gasteiger partial charge is 0.245 e. The molecular formula is C19H21ClF3N3S2. The van der Waals surface area contributed by atoms with Gasteiger partial charge in [-0.2, -0.15) is 11.8 Å². The number of alkyl halides is 2. The molecule has 0 bridgehead atoms. The van der Waals surface area contributed by atoms with E-state index in [1.54, 1.807) is 11.8 Å². The molecule has 2 rings (SSSR count). The fraction of sp³-hybridized carbons (Fsp3) is 0.474. The van der Waals surface area contributed by atoms with Gasteiger partial charge in [0.1, 0.15) is 15.8 Å². The van der Waals surface area contributed by atoms with Crippen LogP contribution < -0.4 is 4.90 Å². The minimum absolute atomic E-state index is 0.0859. The first-order valence-electron chi connectivity index (χ1n) is 8.71. The lowest BCUT2D eigenvalue weighted by Gasteiger charge is -2.20. The lowest BCUT2D eigenvalue weighted by atomic mass is 10.2. The Balaban J connectivity index is 1.90. The molecule has 0 aliphatic heterocycles. The summed E-state index contributed by atoms with van der Waals surface area (Å²) in [4.78, 5) is 10.1. The highest BCUT2D eigenvalue weighted by Crippen LogP contribution is 2.37. The summed E-state index contributed by atoms with van der Waals surface area (Å²) in [6, 6.07) is 1.36. The summed E-state index contributed by atoms with van der Waals surface area (Å²) in [6.45, 7) is 1.99. The van der Waals surface area contributed by atoms with Gasteiger partial charge in [0.25, 0.3) is 0 Å². The number of hydrogen-bond donors (Lipinski definition) is 0. The molecule has 0 unspecified atom stereocenters. The zero-order valence-corrected chi connectivity index (χ0v) is 17.8. The van der Waals surface area contributed by atoms with E-state index in [1.165, 1.54) is 23.6 Å². The summed E-state index contributed by atoms with van der Waals surface area (Å²) in [5, 5.41) is 1.62. The van der Waals surface area contributed by atoms with E-state index in [2.05, 4.69) is 15.9 Å². The molecular weight excluding hydrogens is 427 g/mol. The second kappa shape index (κ2) is 10.9. The largest absolute Gasteiger partial charge is 0.350 e. The van der Waals surface area contributed by atoms with E-state index in [1.807, 2.05) is 4.90 Å². The molecule has 2 aromatic heterocycles. The van der Waals surface area contributed by atoms with Gasteiger partial charge >= 0.3 is 0 Å². The number of halogens is 4. The van der Waals surface area contributed by atoms with Crippen LogP contribution >= 0.6 is 34.7 Å². The molecule has 28 heavy (non-hydrogen) atoms. The zero-order chi connectivity index (χ0) is 20.6. The van der Waals surface area contributed by atoms with Gasteiger partial charge in [-0.15, -0.1) is 6.42 Å². The van der Waals surface area contributed by atoms with Crippen LogP contribution in [0.3, 0.4) is 0 Å². The van der Waals surface area contributed by atoms with E-state index in [0.29, 0.717) is 41.0 Å². The highest BCUT2D eigenvalue weighted by atomic mass is 35.5. The molecule has 0 fully saturated rings. The molecule has 0 saturated carbocycles. The number of hydrogen-bond acceptors (Lipinski definition) is 5. The molecule has 0 N–H and O–H groups in total. The van der Waals surface area contributed by atoms with E-state index >= 15 is 0 Å². The Bertz CT molecular complexity index is 802. The summed E-state index contributed by atoms with van der Waals surface area (Å²) < 4.78 is 39.0. The van der Waals surface area contributed by atoms with Crippen LogP contribution in [0.25, 0.3) is 10.6 Å². The molecule has 0 atom stereocenters. The fourth-order valence-corrected chi connectivity index (χ4v) is 4.67. The highest BCUT2D eigenvalue weighted by molar-refractivity contribution is 7.99. The van der Waals surface area contributed by atoms with Gasteiger partial charge in [0.15, 0.2) is 5.15 Å². The normalized spacial score (nSPS) is 11.4. The quantitative estimate of drug-likeness (QED) is 0.312. The lowest BCUT2D eigenvalue weighted by Crippen LogP contribution is -2.24. The Morgan fingerprint density at radius 2 is 2.07 bits per heavy atom. The molecule has 2 aromatic rings. The van der Waals surface area contributed by atoms with Gasteiger partial charge in [-0.05, 0) is 37.3 Å². The number of anilines is 1. The van der Waals surface area contributed by atoms with Crippen LogP contribution in [-0.2, 0) is 0 Å². The molecule has 2 heterocycles. The Labute approximate surface area is 176 Å². The van der Waals surface area contributed by atoms with Gasteiger partial charge < -0.3 is 4.90 Å². The van der Waals surface area contributed by atoms with Gasteiger partial charge in [0.05, 0.1) is 12.7 Å². The SMILES string of the molecule is C#CCN(CCCSCCCC(C)(F)F)c1sc(-c2cncc(F)c2)nc1Cl. The summed E-state index contributed by atoms with van der Waals surface area (Å²) in [5.74, 6) is 1.12. The lowest BCUT2D eigenvalue weighted by molar-refractivity contribution is 0.0126. The van der Waals surface area contributed by atoms with Crippen LogP contribution in [0, 0.1) is 18.2 Å². The topological polar surface area (TPSA) is 29.0 Å². The maximum Gasteiger partial charge on any atom is 0.245 e. The van der Waals surface area contributed by atoms with Crippen molar-refractivity contribution < 1.29 is 13.2 Å². The zero-order valence-electron chi connectivity index (χ0n) is 15.4. The Morgan fingerprint density at radius 1 is 1.32 bits per heavy atom. The minimum Gasteiger partial charge on any atom is -0.350 e. The maximum absolute atomic E-state index is 13.4. The van der Waals surface area contributed by atoms with Crippen LogP contribution in [0.15, 0.2) is 18.5 Å². The van der Waals surface area contributed by atoms with Crippen LogP contribution in [0.2, 0.25) is 5.15 Å². The number of thioether (sulfide) groups is 1. The van der Waals surface area contributed by atoms with E-state index in [0.717, 1.165) is 30.3 Å². The highest BCUT2D eigenvalue weighted by Gasteiger charge is 2.20. The van der Waals surface area contributed by atoms with Gasteiger partial charge in [-0.3, -0.25) is 4.98 Å². The molecule has 0 spiro atoms. The summed E-state index contributed by atoms with van der Waals surface area (Å²) >= 11 is 9.27. The van der Waals surface area contributed by atoms with Crippen molar-refractivity contribution in [3.63, 3.8) is 0 Å². The fourth-order valence-electron chi connectivity index (χ4n) is 2.45. The maximum atomic E-state index is 13.4. The van der Waals surface area contributed by atoms with E-state index in [4.69, 9.17) is 18.0 Å². The van der Waals surface area contributed by atoms with Gasteiger partial charge in [0, 0.05) is 24.7 Å². The molecule has 9 heteroatoms. The van der Waals surface area contributed by atoms with Crippen LogP contribution in [0.1, 0.15) is 26.2 Å². The predicted molar refractivity (Wildman–Crippen MR) is 113 cm³/mol. The minimum atomic E-state index is -2.60. The third-order valence-corrected chi connectivity index (χ3v) is 6.41. The second-order valence-electron chi connectivity index (χ2n) is 6.27. The van der Waals surface area contributed by atoms with E-state index in [-0.39, 0.29) is 6.42 Å². The van der Waals surface area contributed by atoms with Crippen molar-refractivity contribution in [3.8, 4) is 22.9 Å². The van der Waals surface area contributed by atoms with Crippen LogP contribution in [0.5, 0.6) is 0 Å². The number of pyridine rings is 1. The average molecular weight is 448 g/mol. The van der Waals surface area contributed by atoms with E-state index < -0.39 is 11.7 Å². The van der Waals surface area contributed by atoms with Crippen molar-refractivity contribution in [1.29, 1.82) is 0 Å². The predicted octanol–water partition coefficient (Wildman–Crippen LogP) is 6.00. The summed E-state index contributed by atoms with van der Waals surface area (Å²) in [5.41, 5.74) is 0.557. The van der Waals surface area contributed by atoms with Crippen molar-refractivity contribution in [2.75, 3.05) is 29.5 Å².